The highest BCUT2D eigenvalue weighted by Crippen LogP contribution is 2.42. The summed E-state index contributed by atoms with van der Waals surface area (Å²) < 4.78 is 2.23. The number of aromatic nitrogens is 4. The van der Waals surface area contributed by atoms with Crippen LogP contribution < -0.4 is 21.4 Å². The minimum absolute atomic E-state index is 0.234. The molecular formula is C61H40BN5. The summed E-state index contributed by atoms with van der Waals surface area (Å²) in [7, 11) is 0. The molecule has 0 radical (unpaired) electrons. The summed E-state index contributed by atoms with van der Waals surface area (Å²) in [6.45, 7) is -0.234. The monoisotopic (exact) mass is 853 g/mol. The maximum Gasteiger partial charge on any atom is 0.268 e. The number of hydrogen-bond acceptors (Lipinski definition) is 4. The molecule has 312 valence electrons. The van der Waals surface area contributed by atoms with Gasteiger partial charge in [-0.2, -0.15) is 0 Å². The molecule has 0 atom stereocenters. The van der Waals surface area contributed by atoms with E-state index in [0.29, 0.717) is 0 Å². The van der Waals surface area contributed by atoms with Crippen LogP contribution in [-0.2, 0) is 0 Å². The van der Waals surface area contributed by atoms with Crippen molar-refractivity contribution < 1.29 is 0 Å². The van der Waals surface area contributed by atoms with E-state index in [1.54, 1.807) is 0 Å². The van der Waals surface area contributed by atoms with Crippen LogP contribution >= 0.6 is 0 Å². The summed E-state index contributed by atoms with van der Waals surface area (Å²) in [5.74, 6) is 0.782. The standard InChI is InChI=1S/C61H40BN5/c1-5-17-41(18-6-1)44-31-34-51-53(35-44)62(58-39-65-59(40-64-58)67-56-27-15-13-25-49(56)50-26-14-16-28-57(50)67)54-36-45(42-19-7-2-8-20-42)37-55-61(54)60(51)52(38-63-55)43-29-32-48(33-30-43)66(46-21-9-3-10-22-46)47-23-11-4-12-24-47/h1-40H. The van der Waals surface area contributed by atoms with Crippen molar-refractivity contribution in [3.63, 3.8) is 0 Å². The molecule has 0 bridgehead atoms. The molecule has 3 aromatic heterocycles. The smallest absolute Gasteiger partial charge is 0.268 e. The van der Waals surface area contributed by atoms with Gasteiger partial charge in [0, 0.05) is 56.8 Å². The first-order valence-electron chi connectivity index (χ1n) is 22.8. The quantitative estimate of drug-likeness (QED) is 0.143. The molecule has 67 heavy (non-hydrogen) atoms. The third kappa shape index (κ3) is 6.53. The molecule has 4 heterocycles. The van der Waals surface area contributed by atoms with E-state index in [-0.39, 0.29) is 6.71 Å². The summed E-state index contributed by atoms with van der Waals surface area (Å²) in [6, 6.07) is 80.0. The van der Waals surface area contributed by atoms with E-state index in [4.69, 9.17) is 15.0 Å². The fourth-order valence-corrected chi connectivity index (χ4v) is 10.4. The first kappa shape index (κ1) is 38.6. The Morgan fingerprint density at radius 1 is 0.373 bits per heavy atom. The molecule has 0 amide bonds. The average Bonchev–Trinajstić information content (AvgIpc) is 3.74. The number of pyridine rings is 1. The van der Waals surface area contributed by atoms with Crippen LogP contribution in [0.2, 0.25) is 0 Å². The first-order valence-corrected chi connectivity index (χ1v) is 22.8. The second kappa shape index (κ2) is 16.0. The topological polar surface area (TPSA) is 46.8 Å². The van der Waals surface area contributed by atoms with Crippen molar-refractivity contribution in [2.45, 2.75) is 0 Å². The summed E-state index contributed by atoms with van der Waals surface area (Å²) in [4.78, 5) is 18.3. The number of benzene rings is 9. The number of fused-ring (bicyclic) bond motifs is 5. The zero-order valence-corrected chi connectivity index (χ0v) is 36.4. The van der Waals surface area contributed by atoms with Gasteiger partial charge in [-0.3, -0.25) is 14.5 Å². The molecule has 1 aliphatic rings. The summed E-state index contributed by atoms with van der Waals surface area (Å²) in [6.07, 6.45) is 6.02. The van der Waals surface area contributed by atoms with Gasteiger partial charge in [0.25, 0.3) is 6.71 Å². The third-order valence-corrected chi connectivity index (χ3v) is 13.4. The lowest BCUT2D eigenvalue weighted by Crippen LogP contribution is -2.56. The number of anilines is 3. The van der Waals surface area contributed by atoms with Gasteiger partial charge >= 0.3 is 0 Å². The molecular weight excluding hydrogens is 814 g/mol. The predicted molar refractivity (Wildman–Crippen MR) is 279 cm³/mol. The molecule has 0 spiro atoms. The van der Waals surface area contributed by atoms with Crippen LogP contribution in [0.5, 0.6) is 0 Å². The first-order chi connectivity index (χ1) is 33.2. The molecule has 0 fully saturated rings. The SMILES string of the molecule is c1ccc(-c2ccc3c(c2)B(c2cnc(-n4c5ccccc5c5ccccc54)cn2)c2cc(-c4ccccc4)cc4ncc(-c5ccc(N(c6ccccc6)c6ccccc6)cc5)c-3c24)cc1. The van der Waals surface area contributed by atoms with Crippen molar-refractivity contribution >= 4 is 73.0 Å². The van der Waals surface area contributed by atoms with Crippen molar-refractivity contribution in [3.8, 4) is 50.3 Å². The molecule has 0 saturated carbocycles. The Morgan fingerprint density at radius 2 is 0.910 bits per heavy atom. The number of para-hydroxylation sites is 4. The maximum absolute atomic E-state index is 5.38. The Kier molecular flexibility index (Phi) is 9.20. The molecule has 12 aromatic rings. The molecule has 0 aliphatic carbocycles. The zero-order chi connectivity index (χ0) is 44.3. The Balaban J connectivity index is 1.03. The van der Waals surface area contributed by atoms with E-state index in [0.717, 1.165) is 89.3 Å². The van der Waals surface area contributed by atoms with Crippen molar-refractivity contribution in [2.24, 2.45) is 0 Å². The number of hydrogen-bond donors (Lipinski definition) is 0. The van der Waals surface area contributed by atoms with E-state index < -0.39 is 0 Å². The van der Waals surface area contributed by atoms with Crippen LogP contribution in [0, 0.1) is 0 Å². The van der Waals surface area contributed by atoms with Gasteiger partial charge in [-0.05, 0) is 93.5 Å². The van der Waals surface area contributed by atoms with Gasteiger partial charge in [-0.1, -0.05) is 181 Å². The van der Waals surface area contributed by atoms with E-state index in [1.807, 2.05) is 12.4 Å². The summed E-state index contributed by atoms with van der Waals surface area (Å²) in [5.41, 5.74) is 18.7. The van der Waals surface area contributed by atoms with Crippen molar-refractivity contribution in [1.82, 2.24) is 19.5 Å². The van der Waals surface area contributed by atoms with Crippen LogP contribution in [0.15, 0.2) is 243 Å². The molecule has 1 aliphatic heterocycles. The van der Waals surface area contributed by atoms with E-state index >= 15 is 0 Å². The Bertz CT molecular complexity index is 3690. The summed E-state index contributed by atoms with van der Waals surface area (Å²) in [5, 5.41) is 3.52. The highest BCUT2D eigenvalue weighted by atomic mass is 15.1. The van der Waals surface area contributed by atoms with Crippen LogP contribution in [0.4, 0.5) is 17.1 Å². The van der Waals surface area contributed by atoms with Gasteiger partial charge in [0.1, 0.15) is 0 Å². The molecule has 0 N–H and O–H groups in total. The summed E-state index contributed by atoms with van der Waals surface area (Å²) >= 11 is 0. The van der Waals surface area contributed by atoms with Gasteiger partial charge in [0.15, 0.2) is 5.82 Å². The molecule has 6 heteroatoms. The highest BCUT2D eigenvalue weighted by Gasteiger charge is 2.36. The van der Waals surface area contributed by atoms with Gasteiger partial charge in [0.05, 0.1) is 22.7 Å². The molecule has 0 unspecified atom stereocenters. The average molecular weight is 854 g/mol. The van der Waals surface area contributed by atoms with E-state index in [9.17, 15) is 0 Å². The molecule has 5 nitrogen and oxygen atoms in total. The fraction of sp³-hybridized carbons (Fsp3) is 0. The Hall–Kier alpha value is -8.87. The normalized spacial score (nSPS) is 11.9. The Morgan fingerprint density at radius 3 is 1.52 bits per heavy atom. The van der Waals surface area contributed by atoms with Crippen LogP contribution in [0.1, 0.15) is 0 Å². The highest BCUT2D eigenvalue weighted by molar-refractivity contribution is 6.98. The minimum atomic E-state index is -0.234. The predicted octanol–water partition coefficient (Wildman–Crippen LogP) is 13.1. The fourth-order valence-electron chi connectivity index (χ4n) is 10.4. The number of rotatable bonds is 8. The maximum atomic E-state index is 5.38. The lowest BCUT2D eigenvalue weighted by molar-refractivity contribution is 1.05. The van der Waals surface area contributed by atoms with Crippen LogP contribution in [0.3, 0.4) is 0 Å². The van der Waals surface area contributed by atoms with Crippen molar-refractivity contribution in [2.75, 3.05) is 4.90 Å². The number of nitrogens with zero attached hydrogens (tertiary/aromatic N) is 5. The van der Waals surface area contributed by atoms with Crippen LogP contribution in [0.25, 0.3) is 83.0 Å². The second-order valence-electron chi connectivity index (χ2n) is 17.2. The van der Waals surface area contributed by atoms with Gasteiger partial charge < -0.3 is 4.90 Å². The third-order valence-electron chi connectivity index (χ3n) is 13.4. The lowest BCUT2D eigenvalue weighted by atomic mass is 9.35. The van der Waals surface area contributed by atoms with E-state index in [1.165, 1.54) is 27.4 Å². The van der Waals surface area contributed by atoms with E-state index in [2.05, 4.69) is 240 Å². The van der Waals surface area contributed by atoms with Gasteiger partial charge in [-0.25, -0.2) is 4.98 Å². The van der Waals surface area contributed by atoms with Gasteiger partial charge in [-0.15, -0.1) is 0 Å². The second-order valence-corrected chi connectivity index (χ2v) is 17.2. The minimum Gasteiger partial charge on any atom is -0.311 e. The molecule has 0 saturated heterocycles. The van der Waals surface area contributed by atoms with Crippen molar-refractivity contribution in [3.05, 3.63) is 243 Å². The largest absolute Gasteiger partial charge is 0.311 e. The van der Waals surface area contributed by atoms with Gasteiger partial charge in [0.2, 0.25) is 0 Å². The zero-order valence-electron chi connectivity index (χ0n) is 36.4. The van der Waals surface area contributed by atoms with Crippen LogP contribution in [-0.4, -0.2) is 26.2 Å². The molecule has 13 rings (SSSR count). The Labute approximate surface area is 389 Å². The van der Waals surface area contributed by atoms with Crippen molar-refractivity contribution in [1.29, 1.82) is 0 Å². The molecule has 9 aromatic carbocycles. The lowest BCUT2D eigenvalue weighted by Gasteiger charge is -2.29.